The van der Waals surface area contributed by atoms with Gasteiger partial charge in [-0.2, -0.15) is 0 Å². The van der Waals surface area contributed by atoms with Crippen LogP contribution in [0.2, 0.25) is 0 Å². The molecule has 6 nitrogen and oxygen atoms in total. The van der Waals surface area contributed by atoms with E-state index in [9.17, 15) is 9.59 Å². The minimum absolute atomic E-state index is 0.0163. The first-order chi connectivity index (χ1) is 13.5. The van der Waals surface area contributed by atoms with E-state index in [1.54, 1.807) is 0 Å². The fourth-order valence-corrected chi connectivity index (χ4v) is 5.25. The maximum atomic E-state index is 12.6. The molecule has 1 aliphatic carbocycles. The molecule has 2 heterocycles. The Kier molecular flexibility index (Phi) is 4.91. The quantitative estimate of drug-likeness (QED) is 0.799. The van der Waals surface area contributed by atoms with E-state index in [0.717, 1.165) is 31.2 Å². The van der Waals surface area contributed by atoms with Gasteiger partial charge >= 0.3 is 6.03 Å². The number of rotatable bonds is 4. The summed E-state index contributed by atoms with van der Waals surface area (Å²) < 4.78 is 0. The van der Waals surface area contributed by atoms with Crippen LogP contribution in [0.25, 0.3) is 10.9 Å². The normalized spacial score (nSPS) is 24.1. The molecule has 2 amide bonds. The van der Waals surface area contributed by atoms with Crippen LogP contribution in [-0.4, -0.2) is 65.9 Å². The van der Waals surface area contributed by atoms with Crippen LogP contribution in [0.15, 0.2) is 12.1 Å². The Labute approximate surface area is 166 Å². The number of hydrogen-bond donors (Lipinski definition) is 2. The van der Waals surface area contributed by atoms with Crippen LogP contribution in [0.5, 0.6) is 0 Å². The molecule has 1 fully saturated rings. The number of amides is 2. The van der Waals surface area contributed by atoms with Gasteiger partial charge in [0.25, 0.3) is 0 Å². The molecule has 1 aromatic heterocycles. The van der Waals surface area contributed by atoms with Gasteiger partial charge in [0.1, 0.15) is 6.29 Å². The van der Waals surface area contributed by atoms with Gasteiger partial charge in [0.05, 0.1) is 0 Å². The molecule has 2 N–H and O–H groups in total. The van der Waals surface area contributed by atoms with Gasteiger partial charge in [0, 0.05) is 59.8 Å². The zero-order valence-electron chi connectivity index (χ0n) is 17.2. The Bertz CT molecular complexity index is 915. The fraction of sp³-hybridized carbons (Fsp3) is 0.545. The van der Waals surface area contributed by atoms with Crippen LogP contribution >= 0.6 is 0 Å². The van der Waals surface area contributed by atoms with Gasteiger partial charge in [0.2, 0.25) is 0 Å². The number of nitrogens with zero attached hydrogens (tertiary/aromatic N) is 2. The number of benzene rings is 1. The number of likely N-dealkylation sites (N-methyl/N-ethyl adjacent to an activating group) is 1. The molecule has 1 aliphatic heterocycles. The summed E-state index contributed by atoms with van der Waals surface area (Å²) in [4.78, 5) is 31.8. The van der Waals surface area contributed by atoms with Gasteiger partial charge in [-0.3, -0.25) is 4.79 Å². The summed E-state index contributed by atoms with van der Waals surface area (Å²) in [6.07, 6.45) is 2.85. The molecule has 2 aliphatic rings. The molecular formula is C22H30N4O2. The molecule has 2 aromatic rings. The maximum Gasteiger partial charge on any atom is 0.317 e. The number of likely N-dealkylation sites (tertiary alicyclic amines) is 1. The van der Waals surface area contributed by atoms with Crippen molar-refractivity contribution >= 4 is 23.2 Å². The van der Waals surface area contributed by atoms with E-state index in [1.807, 2.05) is 24.8 Å². The van der Waals surface area contributed by atoms with E-state index in [-0.39, 0.29) is 12.1 Å². The monoisotopic (exact) mass is 382 g/mol. The Hall–Kier alpha value is -2.34. The molecule has 1 unspecified atom stereocenters. The standard InChI is InChI=1S/C22H30N4O2/c1-5-26(6-2)22(28)24-15-9-17-18-7-14(12-27)8-19-21(18)16(13(3)23-19)10-20(17)25(4)11-15/h7-8,12,15,17,20,23H,5-6,9-11H2,1-4H3,(H,24,28)/t15-,17?,20+/m0/s1. The molecule has 6 heteroatoms. The van der Waals surface area contributed by atoms with E-state index in [0.29, 0.717) is 30.6 Å². The Morgan fingerprint density at radius 1 is 1.36 bits per heavy atom. The lowest BCUT2D eigenvalue weighted by molar-refractivity contribution is 0.112. The van der Waals surface area contributed by atoms with Crippen LogP contribution in [0.3, 0.4) is 0 Å². The fourth-order valence-electron chi connectivity index (χ4n) is 5.25. The largest absolute Gasteiger partial charge is 0.358 e. The van der Waals surface area contributed by atoms with Crippen LogP contribution in [0.1, 0.15) is 53.4 Å². The lowest BCUT2D eigenvalue weighted by atomic mass is 9.73. The second-order valence-corrected chi connectivity index (χ2v) is 8.25. The Morgan fingerprint density at radius 3 is 2.79 bits per heavy atom. The number of carbonyl (C=O) groups excluding carboxylic acids is 2. The first-order valence-electron chi connectivity index (χ1n) is 10.3. The third-order valence-corrected chi connectivity index (χ3v) is 6.67. The highest BCUT2D eigenvalue weighted by Gasteiger charge is 2.40. The number of fused-ring (bicyclic) bond motifs is 2. The van der Waals surface area contributed by atoms with Crippen molar-refractivity contribution in [3.8, 4) is 0 Å². The number of urea groups is 1. The van der Waals surface area contributed by atoms with Gasteiger partial charge < -0.3 is 20.1 Å². The van der Waals surface area contributed by atoms with Crippen LogP contribution in [0, 0.1) is 6.92 Å². The molecule has 3 atom stereocenters. The summed E-state index contributed by atoms with van der Waals surface area (Å²) in [6, 6.07) is 4.53. The van der Waals surface area contributed by atoms with Crippen molar-refractivity contribution in [2.24, 2.45) is 0 Å². The molecule has 1 saturated heterocycles. The lowest BCUT2D eigenvalue weighted by Crippen LogP contribution is -2.56. The Balaban J connectivity index is 1.69. The number of piperidine rings is 1. The van der Waals surface area contributed by atoms with E-state index in [1.165, 1.54) is 22.2 Å². The number of H-pyrrole nitrogens is 1. The van der Waals surface area contributed by atoms with Crippen molar-refractivity contribution in [2.45, 2.75) is 51.6 Å². The van der Waals surface area contributed by atoms with Gasteiger partial charge in [-0.15, -0.1) is 0 Å². The molecule has 1 aromatic carbocycles. The SMILES string of the molecule is CCN(CC)C(=O)N[C@H]1CC2c3cc(C=O)cc4[nH]c(C)c(c34)C[C@H]2N(C)C1. The van der Waals surface area contributed by atoms with Crippen LogP contribution < -0.4 is 5.32 Å². The number of hydrogen-bond acceptors (Lipinski definition) is 3. The lowest BCUT2D eigenvalue weighted by Gasteiger charge is -2.46. The summed E-state index contributed by atoms with van der Waals surface area (Å²) in [5.74, 6) is 0.311. The first kappa shape index (κ1) is 19.0. The second-order valence-electron chi connectivity index (χ2n) is 8.25. The van der Waals surface area contributed by atoms with Gasteiger partial charge in [-0.1, -0.05) is 0 Å². The van der Waals surface area contributed by atoms with Crippen LogP contribution in [-0.2, 0) is 6.42 Å². The molecular weight excluding hydrogens is 352 g/mol. The van der Waals surface area contributed by atoms with E-state index in [4.69, 9.17) is 0 Å². The van der Waals surface area contributed by atoms with Crippen LogP contribution in [0.4, 0.5) is 4.79 Å². The zero-order chi connectivity index (χ0) is 20.0. The molecule has 0 spiro atoms. The molecule has 28 heavy (non-hydrogen) atoms. The first-order valence-corrected chi connectivity index (χ1v) is 10.3. The third kappa shape index (κ3) is 3.00. The van der Waals surface area contributed by atoms with Crippen molar-refractivity contribution in [3.05, 3.63) is 34.5 Å². The molecule has 0 radical (unpaired) electrons. The smallest absolute Gasteiger partial charge is 0.317 e. The van der Waals surface area contributed by atoms with Gasteiger partial charge in [0.15, 0.2) is 0 Å². The average Bonchev–Trinajstić information content (AvgIpc) is 2.99. The molecule has 0 bridgehead atoms. The summed E-state index contributed by atoms with van der Waals surface area (Å²) in [7, 11) is 2.15. The summed E-state index contributed by atoms with van der Waals surface area (Å²) in [5.41, 5.74) is 5.60. The third-order valence-electron chi connectivity index (χ3n) is 6.67. The number of aromatic amines is 1. The minimum Gasteiger partial charge on any atom is -0.358 e. The second kappa shape index (κ2) is 7.24. The van der Waals surface area contributed by atoms with Crippen molar-refractivity contribution < 1.29 is 9.59 Å². The van der Waals surface area contributed by atoms with E-state index < -0.39 is 0 Å². The molecule has 4 rings (SSSR count). The van der Waals surface area contributed by atoms with E-state index >= 15 is 0 Å². The van der Waals surface area contributed by atoms with Crippen molar-refractivity contribution in [1.82, 2.24) is 20.1 Å². The number of aryl methyl sites for hydroxylation is 1. The van der Waals surface area contributed by atoms with Gasteiger partial charge in [-0.25, -0.2) is 4.79 Å². The van der Waals surface area contributed by atoms with Crippen molar-refractivity contribution in [3.63, 3.8) is 0 Å². The zero-order valence-corrected chi connectivity index (χ0v) is 17.2. The predicted molar refractivity (Wildman–Crippen MR) is 111 cm³/mol. The number of nitrogens with one attached hydrogen (secondary N) is 2. The maximum absolute atomic E-state index is 12.6. The summed E-state index contributed by atoms with van der Waals surface area (Å²) in [6.45, 7) is 8.41. The number of aromatic nitrogens is 1. The highest BCUT2D eigenvalue weighted by atomic mass is 16.2. The minimum atomic E-state index is 0.0163. The number of aldehydes is 1. The summed E-state index contributed by atoms with van der Waals surface area (Å²) in [5, 5.41) is 4.53. The van der Waals surface area contributed by atoms with Crippen molar-refractivity contribution in [2.75, 3.05) is 26.7 Å². The molecule has 150 valence electrons. The topological polar surface area (TPSA) is 68.4 Å². The summed E-state index contributed by atoms with van der Waals surface area (Å²) >= 11 is 0. The van der Waals surface area contributed by atoms with Gasteiger partial charge in [-0.05, 0) is 63.9 Å². The highest BCUT2D eigenvalue weighted by Crippen LogP contribution is 2.44. The highest BCUT2D eigenvalue weighted by molar-refractivity contribution is 5.94. The van der Waals surface area contributed by atoms with E-state index in [2.05, 4.69) is 35.2 Å². The number of carbonyl (C=O) groups is 2. The predicted octanol–water partition coefficient (Wildman–Crippen LogP) is 3.05. The Morgan fingerprint density at radius 2 is 2.11 bits per heavy atom. The molecule has 0 saturated carbocycles. The van der Waals surface area contributed by atoms with Crippen molar-refractivity contribution in [1.29, 1.82) is 0 Å². The average molecular weight is 383 g/mol.